The fourth-order valence-corrected chi connectivity index (χ4v) is 1.23. The summed E-state index contributed by atoms with van der Waals surface area (Å²) >= 11 is 0. The van der Waals surface area contributed by atoms with Crippen molar-refractivity contribution in [2.75, 3.05) is 7.11 Å². The van der Waals surface area contributed by atoms with Crippen molar-refractivity contribution >= 4 is 16.2 Å². The van der Waals surface area contributed by atoms with Gasteiger partial charge in [-0.15, -0.1) is 0 Å². The van der Waals surface area contributed by atoms with Crippen LogP contribution in [0, 0.1) is 0 Å². The van der Waals surface area contributed by atoms with Crippen molar-refractivity contribution in [3.05, 3.63) is 29.8 Å². The first-order chi connectivity index (χ1) is 8.33. The summed E-state index contributed by atoms with van der Waals surface area (Å²) in [5, 5.41) is 2.58. The van der Waals surface area contributed by atoms with Gasteiger partial charge in [-0.25, -0.2) is 13.1 Å². The van der Waals surface area contributed by atoms with Gasteiger partial charge in [-0.1, -0.05) is 9.04 Å². The van der Waals surface area contributed by atoms with E-state index in [1.54, 1.807) is 0 Å². The van der Waals surface area contributed by atoms with Gasteiger partial charge in [0.25, 0.3) is 6.43 Å². The lowest BCUT2D eigenvalue weighted by atomic mass is 10.1. The normalized spacial score (nSPS) is 12.6. The number of rotatable bonds is 5. The summed E-state index contributed by atoms with van der Waals surface area (Å²) in [4.78, 5) is 0. The van der Waals surface area contributed by atoms with Crippen LogP contribution in [0.25, 0.3) is 0 Å². The second kappa shape index (κ2) is 5.71. The number of alkyl halides is 2. The fraction of sp³-hybridized carbons (Fsp3) is 0.222. The molecule has 0 aliphatic heterocycles. The van der Waals surface area contributed by atoms with Crippen molar-refractivity contribution in [3.63, 3.8) is 0 Å². The standard InChI is InChI=1S/C9H8F3NO4S/c1-16-7-4-2-6(3-5-7)8(9(10)11)13-17-18(12,14)15/h2-5,9H,1H3. The molecule has 100 valence electrons. The second-order valence-electron chi connectivity index (χ2n) is 2.97. The molecule has 0 amide bonds. The first-order valence-corrected chi connectivity index (χ1v) is 5.78. The molecule has 1 rings (SSSR count). The lowest BCUT2D eigenvalue weighted by Crippen LogP contribution is -2.13. The maximum atomic E-state index is 12.6. The number of nitrogens with zero attached hydrogens (tertiary/aromatic N) is 1. The van der Waals surface area contributed by atoms with Crippen molar-refractivity contribution in [1.29, 1.82) is 0 Å². The van der Waals surface area contributed by atoms with Gasteiger partial charge in [0.15, 0.2) is 5.71 Å². The summed E-state index contributed by atoms with van der Waals surface area (Å²) in [7, 11) is -4.03. The van der Waals surface area contributed by atoms with Crippen LogP contribution in [-0.2, 0) is 14.8 Å². The first-order valence-electron chi connectivity index (χ1n) is 4.47. The Kier molecular flexibility index (Phi) is 4.54. The van der Waals surface area contributed by atoms with E-state index >= 15 is 0 Å². The van der Waals surface area contributed by atoms with Gasteiger partial charge in [-0.3, -0.25) is 0 Å². The van der Waals surface area contributed by atoms with Crippen molar-refractivity contribution in [2.45, 2.75) is 6.43 Å². The van der Waals surface area contributed by atoms with Crippen LogP contribution in [0.5, 0.6) is 5.75 Å². The minimum absolute atomic E-state index is 0.116. The van der Waals surface area contributed by atoms with Crippen LogP contribution < -0.4 is 4.74 Å². The number of hydrogen-bond acceptors (Lipinski definition) is 5. The molecular formula is C9H8F3NO4S. The summed E-state index contributed by atoms with van der Waals surface area (Å²) in [5.74, 6) is 0.409. The van der Waals surface area contributed by atoms with E-state index in [0.717, 1.165) is 0 Å². The average molecular weight is 283 g/mol. The zero-order valence-corrected chi connectivity index (χ0v) is 9.83. The Hall–Kier alpha value is -1.77. The Bertz CT molecular complexity index is 527. The number of hydrogen-bond donors (Lipinski definition) is 0. The molecule has 0 aromatic heterocycles. The van der Waals surface area contributed by atoms with E-state index in [9.17, 15) is 21.1 Å². The minimum Gasteiger partial charge on any atom is -0.497 e. The van der Waals surface area contributed by atoms with E-state index in [4.69, 9.17) is 4.74 Å². The number of halogens is 3. The summed E-state index contributed by atoms with van der Waals surface area (Å²) < 4.78 is 65.4. The molecule has 9 heteroatoms. The Morgan fingerprint density at radius 3 is 2.22 bits per heavy atom. The predicted octanol–water partition coefficient (Wildman–Crippen LogP) is 1.90. The number of methoxy groups -OCH3 is 1. The molecule has 0 bridgehead atoms. The topological polar surface area (TPSA) is 65.0 Å². The molecule has 0 saturated heterocycles. The third-order valence-electron chi connectivity index (χ3n) is 1.82. The maximum Gasteiger partial charge on any atom is 0.509 e. The van der Waals surface area contributed by atoms with Crippen LogP contribution in [-0.4, -0.2) is 27.7 Å². The second-order valence-corrected chi connectivity index (χ2v) is 3.91. The number of oxime groups is 1. The summed E-state index contributed by atoms with van der Waals surface area (Å²) in [5.41, 5.74) is -1.12. The lowest BCUT2D eigenvalue weighted by Gasteiger charge is -2.05. The van der Waals surface area contributed by atoms with E-state index < -0.39 is 22.6 Å². The molecule has 1 aromatic carbocycles. The molecule has 0 unspecified atom stereocenters. The van der Waals surface area contributed by atoms with Crippen LogP contribution in [0.3, 0.4) is 0 Å². The van der Waals surface area contributed by atoms with Gasteiger partial charge in [-0.2, -0.15) is 8.42 Å². The quantitative estimate of drug-likeness (QED) is 0.470. The van der Waals surface area contributed by atoms with E-state index in [-0.39, 0.29) is 5.56 Å². The lowest BCUT2D eigenvalue weighted by molar-refractivity contribution is 0.217. The van der Waals surface area contributed by atoms with E-state index in [1.807, 2.05) is 0 Å². The van der Waals surface area contributed by atoms with E-state index in [2.05, 4.69) is 9.44 Å². The van der Waals surface area contributed by atoms with Crippen molar-refractivity contribution in [3.8, 4) is 5.75 Å². The Morgan fingerprint density at radius 2 is 1.83 bits per heavy atom. The van der Waals surface area contributed by atoms with Crippen LogP contribution in [0.4, 0.5) is 12.7 Å². The molecule has 1 aromatic rings. The van der Waals surface area contributed by atoms with E-state index in [1.165, 1.54) is 31.4 Å². The highest BCUT2D eigenvalue weighted by Gasteiger charge is 2.19. The molecule has 0 saturated carbocycles. The van der Waals surface area contributed by atoms with Crippen LogP contribution in [0.15, 0.2) is 29.4 Å². The third-order valence-corrected chi connectivity index (χ3v) is 2.07. The summed E-state index contributed by atoms with van der Waals surface area (Å²) in [6.07, 6.45) is -3.12. The van der Waals surface area contributed by atoms with E-state index in [0.29, 0.717) is 5.75 Å². The zero-order chi connectivity index (χ0) is 13.8. The largest absolute Gasteiger partial charge is 0.509 e. The van der Waals surface area contributed by atoms with Gasteiger partial charge in [0, 0.05) is 5.56 Å². The molecule has 0 heterocycles. The summed E-state index contributed by atoms with van der Waals surface area (Å²) in [6.45, 7) is 0. The monoisotopic (exact) mass is 283 g/mol. The van der Waals surface area contributed by atoms with Gasteiger partial charge in [-0.05, 0) is 24.3 Å². The Labute approximate surface area is 101 Å². The minimum atomic E-state index is -5.42. The predicted molar refractivity (Wildman–Crippen MR) is 56.6 cm³/mol. The smallest absolute Gasteiger partial charge is 0.497 e. The van der Waals surface area contributed by atoms with Gasteiger partial charge < -0.3 is 4.74 Å². The fourth-order valence-electron chi connectivity index (χ4n) is 1.06. The van der Waals surface area contributed by atoms with Crippen molar-refractivity contribution < 1.29 is 30.1 Å². The SMILES string of the molecule is COc1ccc(C(=NOS(=O)(=O)F)C(F)F)cc1. The molecule has 0 aliphatic carbocycles. The van der Waals surface area contributed by atoms with Crippen molar-refractivity contribution in [1.82, 2.24) is 0 Å². The summed E-state index contributed by atoms with van der Waals surface area (Å²) in [6, 6.07) is 5.13. The maximum absolute atomic E-state index is 12.6. The van der Waals surface area contributed by atoms with Crippen molar-refractivity contribution in [2.24, 2.45) is 5.16 Å². The molecule has 0 N–H and O–H groups in total. The van der Waals surface area contributed by atoms with Crippen LogP contribution in [0.2, 0.25) is 0 Å². The highest BCUT2D eigenvalue weighted by molar-refractivity contribution is 7.81. The van der Waals surface area contributed by atoms with Crippen LogP contribution >= 0.6 is 0 Å². The molecule has 0 aliphatic rings. The zero-order valence-electron chi connectivity index (χ0n) is 9.01. The highest BCUT2D eigenvalue weighted by atomic mass is 32.3. The Morgan fingerprint density at radius 1 is 1.28 bits per heavy atom. The van der Waals surface area contributed by atoms with Gasteiger partial charge in [0.2, 0.25) is 0 Å². The molecule has 0 atom stereocenters. The van der Waals surface area contributed by atoms with Gasteiger partial charge in [0.1, 0.15) is 5.75 Å². The first kappa shape index (κ1) is 14.3. The molecule has 18 heavy (non-hydrogen) atoms. The Balaban J connectivity index is 3.04. The van der Waals surface area contributed by atoms with Crippen LogP contribution in [0.1, 0.15) is 5.56 Å². The molecular weight excluding hydrogens is 275 g/mol. The number of benzene rings is 1. The van der Waals surface area contributed by atoms with Gasteiger partial charge >= 0.3 is 10.5 Å². The molecule has 5 nitrogen and oxygen atoms in total. The highest BCUT2D eigenvalue weighted by Crippen LogP contribution is 2.15. The molecule has 0 spiro atoms. The van der Waals surface area contributed by atoms with Gasteiger partial charge in [0.05, 0.1) is 7.11 Å². The molecule has 0 fully saturated rings. The molecule has 0 radical (unpaired) electrons. The number of ether oxygens (including phenoxy) is 1. The third kappa shape index (κ3) is 4.24. The average Bonchev–Trinajstić information content (AvgIpc) is 2.28.